The summed E-state index contributed by atoms with van der Waals surface area (Å²) in [7, 11) is 0. The van der Waals surface area contributed by atoms with Crippen molar-refractivity contribution in [3.63, 3.8) is 0 Å². The number of benzene rings is 2. The van der Waals surface area contributed by atoms with Crippen LogP contribution >= 0.6 is 15.9 Å². The van der Waals surface area contributed by atoms with Gasteiger partial charge in [0.05, 0.1) is 6.54 Å². The molecule has 1 aliphatic carbocycles. The maximum atomic E-state index is 13.4. The van der Waals surface area contributed by atoms with E-state index < -0.39 is 5.54 Å². The van der Waals surface area contributed by atoms with Crippen LogP contribution in [-0.2, 0) is 11.3 Å². The highest BCUT2D eigenvalue weighted by Crippen LogP contribution is 2.40. The first-order chi connectivity index (χ1) is 16.1. The van der Waals surface area contributed by atoms with Crippen molar-refractivity contribution >= 4 is 27.7 Å². The molecule has 33 heavy (non-hydrogen) atoms. The predicted octanol–water partition coefficient (Wildman–Crippen LogP) is 5.54. The highest BCUT2D eigenvalue weighted by atomic mass is 79.9. The maximum Gasteiger partial charge on any atom is 0.256 e. The zero-order valence-corrected chi connectivity index (χ0v) is 20.3. The number of nitrogens with zero attached hydrogens (tertiary/aromatic N) is 5. The molecule has 170 valence electrons. The average molecular weight is 507 g/mol. The van der Waals surface area contributed by atoms with Crippen molar-refractivity contribution in [1.29, 1.82) is 0 Å². The first-order valence-electron chi connectivity index (χ1n) is 11.6. The molecule has 0 atom stereocenters. The lowest BCUT2D eigenvalue weighted by atomic mass is 9.97. The second-order valence-corrected chi connectivity index (χ2v) is 9.80. The standard InChI is InChI=1S/C25H27BrN6O/c1-2-3-6-22-27-25(13-4-5-14-25)24(33)32(22)16-17-7-9-18(10-8-17)21-15-19(26)11-12-20(21)23-28-30-31-29-23/h7-12,15H,2-6,13-14,16H2,1H3,(H,28,29,30,31). The van der Waals surface area contributed by atoms with Crippen LogP contribution in [0.2, 0.25) is 0 Å². The number of hydrogen-bond donors (Lipinski definition) is 1. The van der Waals surface area contributed by atoms with Gasteiger partial charge in [-0.25, -0.2) is 0 Å². The van der Waals surface area contributed by atoms with Gasteiger partial charge in [0.25, 0.3) is 5.91 Å². The number of aromatic nitrogens is 4. The summed E-state index contributed by atoms with van der Waals surface area (Å²) < 4.78 is 0.982. The summed E-state index contributed by atoms with van der Waals surface area (Å²) in [5, 5.41) is 14.5. The van der Waals surface area contributed by atoms with Crippen LogP contribution in [-0.4, -0.2) is 42.8 Å². The summed E-state index contributed by atoms with van der Waals surface area (Å²) in [6, 6.07) is 14.4. The van der Waals surface area contributed by atoms with E-state index in [0.29, 0.717) is 12.4 Å². The van der Waals surface area contributed by atoms with Gasteiger partial charge in [-0.3, -0.25) is 14.7 Å². The van der Waals surface area contributed by atoms with Gasteiger partial charge in [-0.1, -0.05) is 66.4 Å². The van der Waals surface area contributed by atoms with Gasteiger partial charge in [-0.2, -0.15) is 5.21 Å². The zero-order valence-electron chi connectivity index (χ0n) is 18.7. The maximum absolute atomic E-state index is 13.4. The molecule has 0 bridgehead atoms. The van der Waals surface area contributed by atoms with Crippen molar-refractivity contribution in [1.82, 2.24) is 25.5 Å². The van der Waals surface area contributed by atoms with Gasteiger partial charge in [0, 0.05) is 16.5 Å². The summed E-state index contributed by atoms with van der Waals surface area (Å²) >= 11 is 3.57. The third kappa shape index (κ3) is 4.24. The largest absolute Gasteiger partial charge is 0.294 e. The van der Waals surface area contributed by atoms with Gasteiger partial charge in [-0.15, -0.1) is 10.2 Å². The molecule has 2 heterocycles. The van der Waals surface area contributed by atoms with Gasteiger partial charge >= 0.3 is 0 Å². The fourth-order valence-electron chi connectivity index (χ4n) is 4.90. The first-order valence-corrected chi connectivity index (χ1v) is 12.4. The third-order valence-electron chi connectivity index (χ3n) is 6.66. The zero-order chi connectivity index (χ0) is 22.8. The Morgan fingerprint density at radius 3 is 2.58 bits per heavy atom. The van der Waals surface area contributed by atoms with Gasteiger partial charge in [0.1, 0.15) is 11.4 Å². The number of unbranched alkanes of at least 4 members (excludes halogenated alkanes) is 1. The quantitative estimate of drug-likeness (QED) is 0.455. The van der Waals surface area contributed by atoms with Crippen molar-refractivity contribution in [2.45, 2.75) is 64.0 Å². The lowest BCUT2D eigenvalue weighted by Gasteiger charge is -2.23. The Kier molecular flexibility index (Phi) is 6.10. The lowest BCUT2D eigenvalue weighted by molar-refractivity contribution is -0.131. The molecule has 1 spiro atoms. The third-order valence-corrected chi connectivity index (χ3v) is 7.15. The minimum absolute atomic E-state index is 0.196. The second kappa shape index (κ2) is 9.17. The number of carbonyl (C=O) groups is 1. The summed E-state index contributed by atoms with van der Waals surface area (Å²) in [6.45, 7) is 2.75. The van der Waals surface area contributed by atoms with E-state index in [1.807, 2.05) is 17.0 Å². The Morgan fingerprint density at radius 2 is 1.88 bits per heavy atom. The minimum Gasteiger partial charge on any atom is -0.294 e. The minimum atomic E-state index is -0.487. The number of tetrazole rings is 1. The molecule has 1 amide bonds. The number of amides is 1. The summed E-state index contributed by atoms with van der Waals surface area (Å²) in [5.74, 6) is 1.73. The fourth-order valence-corrected chi connectivity index (χ4v) is 5.26. The molecule has 7 nitrogen and oxygen atoms in total. The Hall–Kier alpha value is -2.87. The molecule has 2 aliphatic rings. The monoisotopic (exact) mass is 506 g/mol. The molecule has 0 saturated heterocycles. The van der Waals surface area contributed by atoms with E-state index in [0.717, 1.165) is 77.5 Å². The summed E-state index contributed by atoms with van der Waals surface area (Å²) in [4.78, 5) is 20.3. The lowest BCUT2D eigenvalue weighted by Crippen LogP contribution is -2.40. The number of aliphatic imine (C=N–C) groups is 1. The van der Waals surface area contributed by atoms with Gasteiger partial charge in [0.15, 0.2) is 0 Å². The van der Waals surface area contributed by atoms with Crippen molar-refractivity contribution in [2.24, 2.45) is 4.99 Å². The summed E-state index contributed by atoms with van der Waals surface area (Å²) in [6.07, 6.45) is 6.98. The number of aromatic amines is 1. The Bertz CT molecular complexity index is 1170. The normalized spacial score (nSPS) is 17.2. The molecular weight excluding hydrogens is 480 g/mol. The van der Waals surface area contributed by atoms with E-state index in [-0.39, 0.29) is 5.91 Å². The number of carbonyl (C=O) groups excluding carboxylic acids is 1. The number of halogens is 1. The molecule has 0 radical (unpaired) electrons. The van der Waals surface area contributed by atoms with E-state index in [1.165, 1.54) is 0 Å². The van der Waals surface area contributed by atoms with E-state index in [4.69, 9.17) is 4.99 Å². The number of rotatable bonds is 7. The smallest absolute Gasteiger partial charge is 0.256 e. The highest BCUT2D eigenvalue weighted by molar-refractivity contribution is 9.10. The number of amidine groups is 1. The Labute approximate surface area is 201 Å². The average Bonchev–Trinajstić information content (AvgIpc) is 3.57. The van der Waals surface area contributed by atoms with E-state index in [1.54, 1.807) is 0 Å². The molecule has 3 aromatic rings. The molecule has 1 aromatic heterocycles. The number of nitrogens with one attached hydrogen (secondary N) is 1. The molecule has 1 N–H and O–H groups in total. The molecule has 8 heteroatoms. The molecule has 1 saturated carbocycles. The molecule has 0 unspecified atom stereocenters. The van der Waals surface area contributed by atoms with Crippen LogP contribution in [0.1, 0.15) is 57.4 Å². The topological polar surface area (TPSA) is 87.1 Å². The van der Waals surface area contributed by atoms with E-state index in [2.05, 4.69) is 73.8 Å². The second-order valence-electron chi connectivity index (χ2n) is 8.88. The van der Waals surface area contributed by atoms with E-state index in [9.17, 15) is 4.79 Å². The fraction of sp³-hybridized carbons (Fsp3) is 0.400. The van der Waals surface area contributed by atoms with Crippen molar-refractivity contribution < 1.29 is 4.79 Å². The van der Waals surface area contributed by atoms with Crippen LogP contribution < -0.4 is 0 Å². The molecule has 2 aromatic carbocycles. The van der Waals surface area contributed by atoms with E-state index >= 15 is 0 Å². The molecular formula is C25H27BrN6O. The molecule has 1 aliphatic heterocycles. The SMILES string of the molecule is CCCCC1=NC2(CCCC2)C(=O)N1Cc1ccc(-c2cc(Br)ccc2-c2nn[nH]n2)cc1. The highest BCUT2D eigenvalue weighted by Gasteiger charge is 2.49. The van der Waals surface area contributed by atoms with Crippen LogP contribution in [0.25, 0.3) is 22.5 Å². The molecule has 1 fully saturated rings. The van der Waals surface area contributed by atoms with Crippen LogP contribution in [0.15, 0.2) is 51.9 Å². The van der Waals surface area contributed by atoms with Crippen molar-refractivity contribution in [2.75, 3.05) is 0 Å². The van der Waals surface area contributed by atoms with Gasteiger partial charge in [-0.05, 0) is 59.4 Å². The van der Waals surface area contributed by atoms with Crippen LogP contribution in [0.4, 0.5) is 0 Å². The Morgan fingerprint density at radius 1 is 1.09 bits per heavy atom. The first kappa shape index (κ1) is 21.9. The van der Waals surface area contributed by atoms with Crippen molar-refractivity contribution in [3.8, 4) is 22.5 Å². The number of H-pyrrole nitrogens is 1. The molecule has 5 rings (SSSR count). The summed E-state index contributed by atoms with van der Waals surface area (Å²) in [5.41, 5.74) is 3.59. The predicted molar refractivity (Wildman–Crippen MR) is 131 cm³/mol. The Balaban J connectivity index is 1.40. The van der Waals surface area contributed by atoms with Crippen molar-refractivity contribution in [3.05, 3.63) is 52.5 Å². The van der Waals surface area contributed by atoms with Crippen LogP contribution in [0, 0.1) is 0 Å². The number of hydrogen-bond acceptors (Lipinski definition) is 5. The van der Waals surface area contributed by atoms with Crippen LogP contribution in [0.3, 0.4) is 0 Å². The van der Waals surface area contributed by atoms with Gasteiger partial charge in [0.2, 0.25) is 5.82 Å². The van der Waals surface area contributed by atoms with Crippen LogP contribution in [0.5, 0.6) is 0 Å². The van der Waals surface area contributed by atoms with Gasteiger partial charge < -0.3 is 0 Å².